The quantitative estimate of drug-likeness (QED) is 0.570. The summed E-state index contributed by atoms with van der Waals surface area (Å²) in [5.41, 5.74) is 11.3. The lowest BCUT2D eigenvalue weighted by Crippen LogP contribution is -2.30. The Morgan fingerprint density at radius 1 is 1.37 bits per heavy atom. The summed E-state index contributed by atoms with van der Waals surface area (Å²) >= 11 is 0. The zero-order chi connectivity index (χ0) is 13.4. The molecular weight excluding hydrogens is 238 g/mol. The number of nitrogen functional groups attached to an aromatic ring is 1. The standard InChI is InChI=1S/C14H19N5/c1-19-14(15)12(8-17-19)13(18-16)11-7-10(11)9-5-3-2-4-6-9/h2-6,8,10-11,13,18H,7,15-16H2,1H3. The molecule has 1 aliphatic carbocycles. The zero-order valence-corrected chi connectivity index (χ0v) is 11.0. The predicted octanol–water partition coefficient (Wildman–Crippen LogP) is 1.31. The highest BCUT2D eigenvalue weighted by Crippen LogP contribution is 2.54. The minimum Gasteiger partial charge on any atom is -0.384 e. The first kappa shape index (κ1) is 12.2. The van der Waals surface area contributed by atoms with Gasteiger partial charge in [-0.2, -0.15) is 5.10 Å². The van der Waals surface area contributed by atoms with Crippen molar-refractivity contribution >= 4 is 5.82 Å². The molecule has 5 N–H and O–H groups in total. The number of hydrogen-bond acceptors (Lipinski definition) is 4. The first-order chi connectivity index (χ1) is 9.22. The van der Waals surface area contributed by atoms with Gasteiger partial charge in [0.1, 0.15) is 5.82 Å². The lowest BCUT2D eigenvalue weighted by molar-refractivity contribution is 0.488. The average Bonchev–Trinajstić information content (AvgIpc) is 3.16. The first-order valence-corrected chi connectivity index (χ1v) is 6.50. The number of nitrogens with zero attached hydrogens (tertiary/aromatic N) is 2. The van der Waals surface area contributed by atoms with Gasteiger partial charge in [0, 0.05) is 12.6 Å². The maximum absolute atomic E-state index is 6.03. The molecule has 19 heavy (non-hydrogen) atoms. The number of hydrogen-bond donors (Lipinski definition) is 3. The van der Waals surface area contributed by atoms with Crippen LogP contribution in [0.25, 0.3) is 0 Å². The summed E-state index contributed by atoms with van der Waals surface area (Å²) in [6.07, 6.45) is 2.94. The van der Waals surface area contributed by atoms with Crippen molar-refractivity contribution in [3.8, 4) is 0 Å². The van der Waals surface area contributed by atoms with Gasteiger partial charge in [-0.3, -0.25) is 16.0 Å². The summed E-state index contributed by atoms with van der Waals surface area (Å²) in [4.78, 5) is 0. The molecule has 0 aliphatic heterocycles. The number of nitrogens with two attached hydrogens (primary N) is 2. The van der Waals surface area contributed by atoms with E-state index in [0.29, 0.717) is 17.7 Å². The summed E-state index contributed by atoms with van der Waals surface area (Å²) < 4.78 is 1.68. The third-order valence-corrected chi connectivity index (χ3v) is 4.02. The molecule has 100 valence electrons. The molecule has 1 aromatic carbocycles. The maximum Gasteiger partial charge on any atom is 0.126 e. The van der Waals surface area contributed by atoms with Crippen LogP contribution in [0.2, 0.25) is 0 Å². The van der Waals surface area contributed by atoms with Crippen molar-refractivity contribution < 1.29 is 0 Å². The van der Waals surface area contributed by atoms with Gasteiger partial charge in [-0.1, -0.05) is 30.3 Å². The van der Waals surface area contributed by atoms with Crippen LogP contribution < -0.4 is 17.0 Å². The lowest BCUT2D eigenvalue weighted by Gasteiger charge is -2.15. The molecule has 1 saturated carbocycles. The van der Waals surface area contributed by atoms with Crippen LogP contribution in [-0.2, 0) is 7.05 Å². The van der Waals surface area contributed by atoms with Gasteiger partial charge >= 0.3 is 0 Å². The van der Waals surface area contributed by atoms with E-state index in [9.17, 15) is 0 Å². The zero-order valence-electron chi connectivity index (χ0n) is 11.0. The number of anilines is 1. The number of rotatable bonds is 4. The van der Waals surface area contributed by atoms with Crippen molar-refractivity contribution in [2.45, 2.75) is 18.4 Å². The fourth-order valence-electron chi connectivity index (χ4n) is 2.81. The largest absolute Gasteiger partial charge is 0.384 e. The second-order valence-corrected chi connectivity index (χ2v) is 5.17. The van der Waals surface area contributed by atoms with Crippen LogP contribution >= 0.6 is 0 Å². The molecule has 1 fully saturated rings. The molecule has 5 heteroatoms. The molecule has 0 amide bonds. The van der Waals surface area contributed by atoms with Crippen molar-refractivity contribution in [2.75, 3.05) is 5.73 Å². The number of aromatic nitrogens is 2. The molecule has 0 saturated heterocycles. The second kappa shape index (κ2) is 4.68. The average molecular weight is 257 g/mol. The van der Waals surface area contributed by atoms with E-state index in [1.165, 1.54) is 5.56 Å². The Hall–Kier alpha value is -1.85. The van der Waals surface area contributed by atoms with Crippen LogP contribution in [0.1, 0.15) is 29.5 Å². The highest BCUT2D eigenvalue weighted by atomic mass is 15.3. The Morgan fingerprint density at radius 2 is 2.11 bits per heavy atom. The maximum atomic E-state index is 6.03. The molecule has 5 nitrogen and oxygen atoms in total. The number of hydrazine groups is 1. The van der Waals surface area contributed by atoms with Crippen LogP contribution in [0, 0.1) is 5.92 Å². The van der Waals surface area contributed by atoms with Gasteiger partial charge in [0.05, 0.1) is 12.2 Å². The van der Waals surface area contributed by atoms with E-state index in [4.69, 9.17) is 11.6 Å². The van der Waals surface area contributed by atoms with Gasteiger partial charge in [-0.05, 0) is 23.8 Å². The monoisotopic (exact) mass is 257 g/mol. The topological polar surface area (TPSA) is 81.9 Å². The summed E-state index contributed by atoms with van der Waals surface area (Å²) in [5, 5.41) is 4.19. The molecule has 2 aromatic rings. The molecule has 0 bridgehead atoms. The summed E-state index contributed by atoms with van der Waals surface area (Å²) in [6, 6.07) is 10.6. The molecular formula is C14H19N5. The fraction of sp³-hybridized carbons (Fsp3) is 0.357. The van der Waals surface area contributed by atoms with Gasteiger partial charge in [0.2, 0.25) is 0 Å². The van der Waals surface area contributed by atoms with E-state index in [1.807, 2.05) is 13.1 Å². The predicted molar refractivity (Wildman–Crippen MR) is 75.0 cm³/mol. The molecule has 1 aliphatic rings. The lowest BCUT2D eigenvalue weighted by atomic mass is 10.0. The van der Waals surface area contributed by atoms with Crippen LogP contribution in [0.4, 0.5) is 5.82 Å². The van der Waals surface area contributed by atoms with E-state index >= 15 is 0 Å². The van der Waals surface area contributed by atoms with E-state index in [-0.39, 0.29) is 6.04 Å². The first-order valence-electron chi connectivity index (χ1n) is 6.50. The number of aryl methyl sites for hydroxylation is 1. The van der Waals surface area contributed by atoms with E-state index in [1.54, 1.807) is 10.9 Å². The third kappa shape index (κ3) is 2.11. The molecule has 3 rings (SSSR count). The summed E-state index contributed by atoms with van der Waals surface area (Å²) in [5.74, 6) is 7.45. The minimum absolute atomic E-state index is 0.0684. The van der Waals surface area contributed by atoms with Crippen molar-refractivity contribution in [2.24, 2.45) is 18.8 Å². The highest BCUT2D eigenvalue weighted by Gasteiger charge is 2.45. The number of nitrogens with one attached hydrogen (secondary N) is 1. The van der Waals surface area contributed by atoms with Gasteiger partial charge in [0.15, 0.2) is 0 Å². The normalized spacial score (nSPS) is 23.3. The molecule has 3 atom stereocenters. The highest BCUT2D eigenvalue weighted by molar-refractivity contribution is 5.43. The van der Waals surface area contributed by atoms with Crippen LogP contribution in [0.15, 0.2) is 36.5 Å². The molecule has 1 aromatic heterocycles. The smallest absolute Gasteiger partial charge is 0.126 e. The van der Waals surface area contributed by atoms with Crippen LogP contribution in [0.3, 0.4) is 0 Å². The van der Waals surface area contributed by atoms with Crippen LogP contribution in [-0.4, -0.2) is 9.78 Å². The van der Waals surface area contributed by atoms with E-state index in [0.717, 1.165) is 12.0 Å². The Balaban J connectivity index is 1.81. The number of benzene rings is 1. The Kier molecular flexibility index (Phi) is 3.00. The van der Waals surface area contributed by atoms with Crippen LogP contribution in [0.5, 0.6) is 0 Å². The Labute approximate surface area is 112 Å². The minimum atomic E-state index is 0.0684. The second-order valence-electron chi connectivity index (χ2n) is 5.17. The van der Waals surface area contributed by atoms with E-state index < -0.39 is 0 Å². The van der Waals surface area contributed by atoms with Crippen molar-refractivity contribution in [1.82, 2.24) is 15.2 Å². The van der Waals surface area contributed by atoms with Crippen molar-refractivity contribution in [3.63, 3.8) is 0 Å². The Bertz CT molecular complexity index is 562. The third-order valence-electron chi connectivity index (χ3n) is 4.02. The van der Waals surface area contributed by atoms with Crippen molar-refractivity contribution in [1.29, 1.82) is 0 Å². The molecule has 3 unspecified atom stereocenters. The summed E-state index contributed by atoms with van der Waals surface area (Å²) in [7, 11) is 1.84. The molecule has 0 radical (unpaired) electrons. The molecule has 0 spiro atoms. The van der Waals surface area contributed by atoms with Gasteiger partial charge in [0.25, 0.3) is 0 Å². The SMILES string of the molecule is Cn1ncc(C(NN)C2CC2c2ccccc2)c1N. The Morgan fingerprint density at radius 3 is 2.68 bits per heavy atom. The van der Waals surface area contributed by atoms with Crippen molar-refractivity contribution in [3.05, 3.63) is 47.7 Å². The van der Waals surface area contributed by atoms with E-state index in [2.05, 4.69) is 34.8 Å². The van der Waals surface area contributed by atoms with Gasteiger partial charge < -0.3 is 5.73 Å². The van der Waals surface area contributed by atoms with Gasteiger partial charge in [-0.15, -0.1) is 0 Å². The molecule has 1 heterocycles. The fourth-order valence-corrected chi connectivity index (χ4v) is 2.81. The van der Waals surface area contributed by atoms with Gasteiger partial charge in [-0.25, -0.2) is 0 Å². The summed E-state index contributed by atoms with van der Waals surface area (Å²) in [6.45, 7) is 0.